The van der Waals surface area contributed by atoms with E-state index in [-0.39, 0.29) is 0 Å². The van der Waals surface area contributed by atoms with Crippen LogP contribution in [0, 0.1) is 0 Å². The summed E-state index contributed by atoms with van der Waals surface area (Å²) in [7, 11) is 0. The van der Waals surface area contributed by atoms with Crippen molar-refractivity contribution in [3.63, 3.8) is 0 Å². The summed E-state index contributed by atoms with van der Waals surface area (Å²) in [6, 6.07) is 11.6. The van der Waals surface area contributed by atoms with Gasteiger partial charge in [0.15, 0.2) is 11.6 Å². The first-order chi connectivity index (χ1) is 8.36. The summed E-state index contributed by atoms with van der Waals surface area (Å²) >= 11 is 0. The molecule has 4 heteroatoms. The fourth-order valence-electron chi connectivity index (χ4n) is 1.72. The van der Waals surface area contributed by atoms with E-state index in [2.05, 4.69) is 9.97 Å². The maximum absolute atomic E-state index is 5.69. The number of fused-ring (bicyclic) bond motifs is 1. The van der Waals surface area contributed by atoms with Gasteiger partial charge in [0.25, 0.3) is 0 Å². The standard InChI is InChI=1S/C13H11N3O/c14-8-10-5-6-15-13(16-10)12-7-9-3-1-2-4-11(9)17-12/h1-7H,8,14H2. The summed E-state index contributed by atoms with van der Waals surface area (Å²) in [5.74, 6) is 1.24. The molecule has 0 aliphatic heterocycles. The molecule has 0 amide bonds. The van der Waals surface area contributed by atoms with Crippen molar-refractivity contribution in [2.24, 2.45) is 5.73 Å². The second-order valence-corrected chi connectivity index (χ2v) is 3.72. The fraction of sp³-hybridized carbons (Fsp3) is 0.0769. The first-order valence-electron chi connectivity index (χ1n) is 5.38. The highest BCUT2D eigenvalue weighted by Crippen LogP contribution is 2.25. The Morgan fingerprint density at radius 3 is 2.88 bits per heavy atom. The molecule has 0 bridgehead atoms. The van der Waals surface area contributed by atoms with Crippen molar-refractivity contribution >= 4 is 11.0 Å². The van der Waals surface area contributed by atoms with Gasteiger partial charge in [0.1, 0.15) is 5.58 Å². The summed E-state index contributed by atoms with van der Waals surface area (Å²) in [6.07, 6.45) is 1.69. The SMILES string of the molecule is NCc1ccnc(-c2cc3ccccc3o2)n1. The highest BCUT2D eigenvalue weighted by atomic mass is 16.3. The van der Waals surface area contributed by atoms with Crippen LogP contribution in [0.2, 0.25) is 0 Å². The summed E-state index contributed by atoms with van der Waals surface area (Å²) in [5, 5.41) is 1.05. The molecule has 2 aromatic heterocycles. The lowest BCUT2D eigenvalue weighted by molar-refractivity contribution is 0.624. The predicted octanol–water partition coefficient (Wildman–Crippen LogP) is 2.35. The molecule has 0 saturated heterocycles. The fourth-order valence-corrected chi connectivity index (χ4v) is 1.72. The summed E-state index contributed by atoms with van der Waals surface area (Å²) in [5.41, 5.74) is 7.19. The topological polar surface area (TPSA) is 64.9 Å². The first-order valence-corrected chi connectivity index (χ1v) is 5.38. The van der Waals surface area contributed by atoms with Crippen LogP contribution in [0.5, 0.6) is 0 Å². The highest BCUT2D eigenvalue weighted by Gasteiger charge is 2.08. The molecule has 2 heterocycles. The van der Waals surface area contributed by atoms with Gasteiger partial charge in [0, 0.05) is 18.1 Å². The zero-order chi connectivity index (χ0) is 11.7. The molecular weight excluding hydrogens is 214 g/mol. The lowest BCUT2D eigenvalue weighted by Crippen LogP contribution is -2.00. The minimum Gasteiger partial charge on any atom is -0.453 e. The van der Waals surface area contributed by atoms with E-state index in [1.807, 2.05) is 30.3 Å². The minimum atomic E-state index is 0.399. The molecule has 0 aliphatic rings. The molecule has 0 unspecified atom stereocenters. The van der Waals surface area contributed by atoms with E-state index in [1.54, 1.807) is 12.3 Å². The van der Waals surface area contributed by atoms with Gasteiger partial charge in [-0.1, -0.05) is 18.2 Å². The van der Waals surface area contributed by atoms with Gasteiger partial charge < -0.3 is 10.2 Å². The molecule has 0 radical (unpaired) electrons. The molecule has 0 aliphatic carbocycles. The van der Waals surface area contributed by atoms with Crippen molar-refractivity contribution in [1.82, 2.24) is 9.97 Å². The predicted molar refractivity (Wildman–Crippen MR) is 65.1 cm³/mol. The van der Waals surface area contributed by atoms with E-state index in [0.717, 1.165) is 16.7 Å². The Morgan fingerprint density at radius 2 is 2.06 bits per heavy atom. The second kappa shape index (κ2) is 3.99. The lowest BCUT2D eigenvalue weighted by Gasteiger charge is -1.97. The average molecular weight is 225 g/mol. The number of nitrogens with zero attached hydrogens (tertiary/aromatic N) is 2. The number of rotatable bonds is 2. The number of aromatic nitrogens is 2. The second-order valence-electron chi connectivity index (χ2n) is 3.72. The molecule has 3 rings (SSSR count). The third-order valence-electron chi connectivity index (χ3n) is 2.57. The Kier molecular flexibility index (Phi) is 2.34. The van der Waals surface area contributed by atoms with Crippen molar-refractivity contribution < 1.29 is 4.42 Å². The van der Waals surface area contributed by atoms with Crippen LogP contribution in [0.3, 0.4) is 0 Å². The minimum absolute atomic E-state index is 0.399. The number of hydrogen-bond donors (Lipinski definition) is 1. The average Bonchev–Trinajstić information content (AvgIpc) is 2.82. The van der Waals surface area contributed by atoms with Gasteiger partial charge in [-0.05, 0) is 18.2 Å². The Labute approximate surface area is 98.1 Å². The van der Waals surface area contributed by atoms with Gasteiger partial charge in [-0.25, -0.2) is 9.97 Å². The van der Waals surface area contributed by atoms with E-state index in [1.165, 1.54) is 0 Å². The van der Waals surface area contributed by atoms with E-state index >= 15 is 0 Å². The summed E-state index contributed by atoms with van der Waals surface area (Å²) in [4.78, 5) is 8.52. The van der Waals surface area contributed by atoms with Crippen molar-refractivity contribution in [3.8, 4) is 11.6 Å². The van der Waals surface area contributed by atoms with Gasteiger partial charge >= 0.3 is 0 Å². The van der Waals surface area contributed by atoms with Gasteiger partial charge in [-0.3, -0.25) is 0 Å². The molecule has 2 N–H and O–H groups in total. The van der Waals surface area contributed by atoms with E-state index in [4.69, 9.17) is 10.2 Å². The summed E-state index contributed by atoms with van der Waals surface area (Å²) in [6.45, 7) is 0.399. The van der Waals surface area contributed by atoms with Crippen molar-refractivity contribution in [2.45, 2.75) is 6.54 Å². The van der Waals surface area contributed by atoms with Crippen LogP contribution in [0.25, 0.3) is 22.6 Å². The van der Waals surface area contributed by atoms with Gasteiger partial charge in [0.05, 0.1) is 5.69 Å². The molecule has 3 aromatic rings. The monoisotopic (exact) mass is 225 g/mol. The van der Waals surface area contributed by atoms with Crippen LogP contribution in [-0.4, -0.2) is 9.97 Å². The number of hydrogen-bond acceptors (Lipinski definition) is 4. The quantitative estimate of drug-likeness (QED) is 0.727. The molecule has 0 atom stereocenters. The Morgan fingerprint density at radius 1 is 1.18 bits per heavy atom. The third-order valence-corrected chi connectivity index (χ3v) is 2.57. The zero-order valence-corrected chi connectivity index (χ0v) is 9.13. The molecule has 0 fully saturated rings. The van der Waals surface area contributed by atoms with Crippen LogP contribution in [-0.2, 0) is 6.54 Å². The Hall–Kier alpha value is -2.20. The number of benzene rings is 1. The van der Waals surface area contributed by atoms with Crippen LogP contribution in [0.15, 0.2) is 47.0 Å². The van der Waals surface area contributed by atoms with Gasteiger partial charge in [-0.2, -0.15) is 0 Å². The van der Waals surface area contributed by atoms with Crippen LogP contribution in [0.4, 0.5) is 0 Å². The Bertz CT molecular complexity index is 627. The Balaban J connectivity index is 2.13. The van der Waals surface area contributed by atoms with E-state index < -0.39 is 0 Å². The normalized spacial score (nSPS) is 10.9. The van der Waals surface area contributed by atoms with E-state index in [0.29, 0.717) is 18.1 Å². The maximum Gasteiger partial charge on any atom is 0.195 e. The first kappa shape index (κ1) is 9.99. The molecular formula is C13H11N3O. The third kappa shape index (κ3) is 1.79. The molecule has 0 saturated carbocycles. The molecule has 17 heavy (non-hydrogen) atoms. The largest absolute Gasteiger partial charge is 0.453 e. The molecule has 1 aromatic carbocycles. The molecule has 0 spiro atoms. The van der Waals surface area contributed by atoms with E-state index in [9.17, 15) is 0 Å². The van der Waals surface area contributed by atoms with Crippen LogP contribution >= 0.6 is 0 Å². The molecule has 4 nitrogen and oxygen atoms in total. The lowest BCUT2D eigenvalue weighted by atomic mass is 10.2. The van der Waals surface area contributed by atoms with Gasteiger partial charge in [-0.15, -0.1) is 0 Å². The van der Waals surface area contributed by atoms with Gasteiger partial charge in [0.2, 0.25) is 0 Å². The number of para-hydroxylation sites is 1. The van der Waals surface area contributed by atoms with Crippen molar-refractivity contribution in [3.05, 3.63) is 48.3 Å². The van der Waals surface area contributed by atoms with Crippen molar-refractivity contribution in [1.29, 1.82) is 0 Å². The van der Waals surface area contributed by atoms with Crippen LogP contribution < -0.4 is 5.73 Å². The zero-order valence-electron chi connectivity index (χ0n) is 9.13. The number of furan rings is 1. The van der Waals surface area contributed by atoms with Crippen molar-refractivity contribution in [2.75, 3.05) is 0 Å². The maximum atomic E-state index is 5.69. The summed E-state index contributed by atoms with van der Waals surface area (Å²) < 4.78 is 5.69. The molecule has 84 valence electrons. The smallest absolute Gasteiger partial charge is 0.195 e. The van der Waals surface area contributed by atoms with Crippen LogP contribution in [0.1, 0.15) is 5.69 Å². The highest BCUT2D eigenvalue weighted by molar-refractivity contribution is 5.81. The number of nitrogens with two attached hydrogens (primary N) is 1.